The van der Waals surface area contributed by atoms with E-state index in [1.165, 1.54) is 0 Å². The lowest BCUT2D eigenvalue weighted by Gasteiger charge is -2.11. The number of aromatic nitrogens is 3. The molecule has 0 saturated heterocycles. The molecule has 26 heavy (non-hydrogen) atoms. The van der Waals surface area contributed by atoms with E-state index in [0.717, 1.165) is 11.1 Å². The van der Waals surface area contributed by atoms with Gasteiger partial charge in [0, 0.05) is 35.7 Å². The first kappa shape index (κ1) is 17.8. The van der Waals surface area contributed by atoms with Crippen LogP contribution >= 0.6 is 11.6 Å². The number of amides is 1. The van der Waals surface area contributed by atoms with Gasteiger partial charge in [0.25, 0.3) is 5.91 Å². The fourth-order valence-corrected chi connectivity index (χ4v) is 2.57. The lowest BCUT2D eigenvalue weighted by molar-refractivity contribution is 0.102. The van der Waals surface area contributed by atoms with Crippen LogP contribution < -0.4 is 10.6 Å². The van der Waals surface area contributed by atoms with Gasteiger partial charge in [0.15, 0.2) is 0 Å². The Kier molecular flexibility index (Phi) is 5.43. The first-order valence-corrected chi connectivity index (χ1v) is 8.45. The predicted molar refractivity (Wildman–Crippen MR) is 102 cm³/mol. The molecule has 2 heterocycles. The lowest BCUT2D eigenvalue weighted by Crippen LogP contribution is -2.16. The van der Waals surface area contributed by atoms with Crippen molar-refractivity contribution in [3.8, 4) is 0 Å². The van der Waals surface area contributed by atoms with Crippen molar-refractivity contribution < 1.29 is 4.79 Å². The summed E-state index contributed by atoms with van der Waals surface area (Å²) in [5.41, 5.74) is 2.82. The van der Waals surface area contributed by atoms with E-state index in [4.69, 9.17) is 11.6 Å². The SMILES string of the molecule is Cc1nc(NCc2ccncc2)cc(C(=O)Nc2cccc(Cl)c2C)n1. The number of nitrogens with zero attached hydrogens (tertiary/aromatic N) is 3. The largest absolute Gasteiger partial charge is 0.366 e. The van der Waals surface area contributed by atoms with Gasteiger partial charge in [-0.15, -0.1) is 0 Å². The molecule has 1 amide bonds. The molecule has 0 radical (unpaired) electrons. The van der Waals surface area contributed by atoms with Crippen molar-refractivity contribution in [2.45, 2.75) is 20.4 Å². The molecule has 0 unspecified atom stereocenters. The molecule has 0 atom stereocenters. The third-order valence-corrected chi connectivity index (χ3v) is 4.22. The summed E-state index contributed by atoms with van der Waals surface area (Å²) in [6.07, 6.45) is 3.46. The van der Waals surface area contributed by atoms with Gasteiger partial charge in [-0.25, -0.2) is 9.97 Å². The molecular formula is C19H18ClN5O. The first-order chi connectivity index (χ1) is 12.5. The molecular weight excluding hydrogens is 350 g/mol. The highest BCUT2D eigenvalue weighted by Gasteiger charge is 2.13. The number of carbonyl (C=O) groups is 1. The van der Waals surface area contributed by atoms with E-state index in [2.05, 4.69) is 25.6 Å². The Bertz CT molecular complexity index is 930. The van der Waals surface area contributed by atoms with Gasteiger partial charge in [0.2, 0.25) is 0 Å². The third kappa shape index (κ3) is 4.34. The summed E-state index contributed by atoms with van der Waals surface area (Å²) in [6.45, 7) is 4.18. The van der Waals surface area contributed by atoms with Gasteiger partial charge in [-0.05, 0) is 49.2 Å². The van der Waals surface area contributed by atoms with Crippen LogP contribution in [0.5, 0.6) is 0 Å². The quantitative estimate of drug-likeness (QED) is 0.712. The minimum absolute atomic E-state index is 0.286. The molecule has 132 valence electrons. The van der Waals surface area contributed by atoms with Crippen LogP contribution in [0.1, 0.15) is 27.4 Å². The van der Waals surface area contributed by atoms with Crippen molar-refractivity contribution in [2.75, 3.05) is 10.6 Å². The third-order valence-electron chi connectivity index (χ3n) is 3.81. The number of pyridine rings is 1. The van der Waals surface area contributed by atoms with E-state index in [9.17, 15) is 4.79 Å². The van der Waals surface area contributed by atoms with E-state index in [-0.39, 0.29) is 11.6 Å². The second kappa shape index (κ2) is 7.93. The number of carbonyl (C=O) groups excluding carboxylic acids is 1. The van der Waals surface area contributed by atoms with Gasteiger partial charge < -0.3 is 10.6 Å². The van der Waals surface area contributed by atoms with Crippen LogP contribution in [0.15, 0.2) is 48.8 Å². The average Bonchev–Trinajstić information content (AvgIpc) is 2.64. The number of anilines is 2. The second-order valence-electron chi connectivity index (χ2n) is 5.76. The maximum atomic E-state index is 12.6. The number of benzene rings is 1. The molecule has 0 bridgehead atoms. The summed E-state index contributed by atoms with van der Waals surface area (Å²) in [5.74, 6) is 0.785. The van der Waals surface area contributed by atoms with Crippen LogP contribution in [0.2, 0.25) is 5.02 Å². The smallest absolute Gasteiger partial charge is 0.274 e. The fourth-order valence-electron chi connectivity index (χ4n) is 2.40. The first-order valence-electron chi connectivity index (χ1n) is 8.08. The molecule has 2 N–H and O–H groups in total. The van der Waals surface area contributed by atoms with Crippen LogP contribution in [0, 0.1) is 13.8 Å². The van der Waals surface area contributed by atoms with Gasteiger partial charge in [-0.2, -0.15) is 0 Å². The molecule has 0 aliphatic carbocycles. The Morgan fingerprint density at radius 2 is 1.88 bits per heavy atom. The highest BCUT2D eigenvalue weighted by atomic mass is 35.5. The van der Waals surface area contributed by atoms with Gasteiger partial charge in [0.1, 0.15) is 17.3 Å². The summed E-state index contributed by atoms with van der Waals surface area (Å²) < 4.78 is 0. The van der Waals surface area contributed by atoms with Crippen molar-refractivity contribution in [3.05, 3.63) is 76.5 Å². The Morgan fingerprint density at radius 1 is 1.12 bits per heavy atom. The molecule has 0 spiro atoms. The molecule has 2 aromatic heterocycles. The summed E-state index contributed by atoms with van der Waals surface area (Å²) in [6, 6.07) is 10.8. The van der Waals surface area contributed by atoms with E-state index >= 15 is 0 Å². The van der Waals surface area contributed by atoms with Crippen LogP contribution in [-0.4, -0.2) is 20.9 Å². The zero-order chi connectivity index (χ0) is 18.5. The predicted octanol–water partition coefficient (Wildman–Crippen LogP) is 4.01. The highest BCUT2D eigenvalue weighted by Crippen LogP contribution is 2.23. The number of aryl methyl sites for hydroxylation is 1. The molecule has 0 fully saturated rings. The summed E-state index contributed by atoms with van der Waals surface area (Å²) in [7, 11) is 0. The second-order valence-corrected chi connectivity index (χ2v) is 6.17. The van der Waals surface area contributed by atoms with E-state index in [0.29, 0.717) is 28.9 Å². The fraction of sp³-hybridized carbons (Fsp3) is 0.158. The Balaban J connectivity index is 1.76. The number of halogens is 1. The molecule has 7 heteroatoms. The molecule has 6 nitrogen and oxygen atoms in total. The zero-order valence-corrected chi connectivity index (χ0v) is 15.2. The topological polar surface area (TPSA) is 79.8 Å². The van der Waals surface area contributed by atoms with Crippen LogP contribution in [-0.2, 0) is 6.54 Å². The summed E-state index contributed by atoms with van der Waals surface area (Å²) >= 11 is 6.10. The summed E-state index contributed by atoms with van der Waals surface area (Å²) in [4.78, 5) is 25.1. The Hall–Kier alpha value is -2.99. The van der Waals surface area contributed by atoms with Gasteiger partial charge in [0.05, 0.1) is 0 Å². The van der Waals surface area contributed by atoms with Gasteiger partial charge >= 0.3 is 0 Å². The maximum Gasteiger partial charge on any atom is 0.274 e. The molecule has 1 aromatic carbocycles. The highest BCUT2D eigenvalue weighted by molar-refractivity contribution is 6.31. The monoisotopic (exact) mass is 367 g/mol. The standard InChI is InChI=1S/C19H18ClN5O/c1-12-15(20)4-3-5-16(12)25-19(26)17-10-18(24-13(2)23-17)22-11-14-6-8-21-9-7-14/h3-10H,11H2,1-2H3,(H,25,26)(H,22,23,24). The number of hydrogen-bond acceptors (Lipinski definition) is 5. The van der Waals surface area contributed by atoms with Crippen molar-refractivity contribution in [2.24, 2.45) is 0 Å². The van der Waals surface area contributed by atoms with Crippen LogP contribution in [0.25, 0.3) is 0 Å². The maximum absolute atomic E-state index is 12.6. The van der Waals surface area contributed by atoms with Crippen LogP contribution in [0.4, 0.5) is 11.5 Å². The van der Waals surface area contributed by atoms with Gasteiger partial charge in [-0.1, -0.05) is 17.7 Å². The average molecular weight is 368 g/mol. The van der Waals surface area contributed by atoms with Crippen molar-refractivity contribution >= 4 is 29.0 Å². The summed E-state index contributed by atoms with van der Waals surface area (Å²) in [5, 5.41) is 6.65. The zero-order valence-electron chi connectivity index (χ0n) is 14.5. The lowest BCUT2D eigenvalue weighted by atomic mass is 10.2. The number of rotatable bonds is 5. The van der Waals surface area contributed by atoms with Crippen molar-refractivity contribution in [1.82, 2.24) is 15.0 Å². The van der Waals surface area contributed by atoms with Crippen molar-refractivity contribution in [1.29, 1.82) is 0 Å². The number of nitrogens with one attached hydrogen (secondary N) is 2. The van der Waals surface area contributed by atoms with E-state index < -0.39 is 0 Å². The Labute approximate surface area is 156 Å². The minimum Gasteiger partial charge on any atom is -0.366 e. The Morgan fingerprint density at radius 3 is 2.65 bits per heavy atom. The van der Waals surface area contributed by atoms with E-state index in [1.54, 1.807) is 43.6 Å². The van der Waals surface area contributed by atoms with E-state index in [1.807, 2.05) is 19.1 Å². The van der Waals surface area contributed by atoms with Crippen LogP contribution in [0.3, 0.4) is 0 Å². The number of hydrogen-bond donors (Lipinski definition) is 2. The van der Waals surface area contributed by atoms with Crippen molar-refractivity contribution in [3.63, 3.8) is 0 Å². The normalized spacial score (nSPS) is 10.4. The van der Waals surface area contributed by atoms with Gasteiger partial charge in [-0.3, -0.25) is 9.78 Å². The minimum atomic E-state index is -0.312. The molecule has 0 aliphatic heterocycles. The molecule has 0 saturated carbocycles. The molecule has 3 aromatic rings. The molecule has 0 aliphatic rings. The molecule has 3 rings (SSSR count).